The fraction of sp³-hybridized carbons (Fsp3) is 0.300. The van der Waals surface area contributed by atoms with Gasteiger partial charge >= 0.3 is 5.97 Å². The second-order valence-electron chi connectivity index (χ2n) is 2.67. The highest BCUT2D eigenvalue weighted by molar-refractivity contribution is 6.35. The topological polar surface area (TPSA) is 38.3 Å². The van der Waals surface area contributed by atoms with E-state index in [1.54, 1.807) is 12.1 Å². The molecule has 0 radical (unpaired) electrons. The van der Waals surface area contributed by atoms with Gasteiger partial charge in [-0.1, -0.05) is 23.2 Å². The monoisotopic (exact) mass is 249 g/mol. The summed E-state index contributed by atoms with van der Waals surface area (Å²) < 4.78 is 4.77. The number of rotatable bonds is 1. The molecule has 1 rings (SSSR count). The van der Waals surface area contributed by atoms with E-state index in [-0.39, 0.29) is 0 Å². The average Bonchev–Trinajstić information content (AvgIpc) is 2.11. The van der Waals surface area contributed by atoms with Crippen LogP contribution in [0.25, 0.3) is 0 Å². The van der Waals surface area contributed by atoms with Crippen LogP contribution < -0.4 is 10.1 Å². The van der Waals surface area contributed by atoms with Crippen LogP contribution in [0.2, 0.25) is 10.0 Å². The molecule has 0 amide bonds. The third-order valence-corrected chi connectivity index (χ3v) is 1.68. The van der Waals surface area contributed by atoms with Crippen molar-refractivity contribution in [2.45, 2.75) is 6.92 Å². The molecule has 0 atom stereocenters. The van der Waals surface area contributed by atoms with Gasteiger partial charge in [-0.25, -0.2) is 0 Å². The van der Waals surface area contributed by atoms with Gasteiger partial charge in [0.15, 0.2) is 0 Å². The lowest BCUT2D eigenvalue weighted by Gasteiger charge is -2.02. The van der Waals surface area contributed by atoms with Crippen LogP contribution in [0, 0.1) is 0 Å². The number of ether oxygens (including phenoxy) is 1. The van der Waals surface area contributed by atoms with Crippen molar-refractivity contribution < 1.29 is 9.53 Å². The molecule has 0 aliphatic rings. The van der Waals surface area contributed by atoms with Crippen LogP contribution in [-0.2, 0) is 4.79 Å². The Bertz CT molecular complexity index is 329. The van der Waals surface area contributed by atoms with Gasteiger partial charge in [-0.2, -0.15) is 0 Å². The van der Waals surface area contributed by atoms with Crippen LogP contribution in [0.3, 0.4) is 0 Å². The maximum absolute atomic E-state index is 10.5. The van der Waals surface area contributed by atoms with Gasteiger partial charge in [0.25, 0.3) is 0 Å². The summed E-state index contributed by atoms with van der Waals surface area (Å²) in [5, 5.41) is 3.59. The van der Waals surface area contributed by atoms with Crippen LogP contribution in [0.5, 0.6) is 5.75 Å². The standard InChI is InChI=1S/C8H6Cl2O2.C2H7N/c1-5(11)12-8-3-2-6(9)4-7(8)10;1-3-2/h2-4H,1H3;3H,1-2H3. The number of hydrogen-bond acceptors (Lipinski definition) is 3. The number of benzene rings is 1. The van der Waals surface area contributed by atoms with Crippen molar-refractivity contribution in [3.05, 3.63) is 28.2 Å². The molecular formula is C10H13Cl2NO2. The highest BCUT2D eigenvalue weighted by atomic mass is 35.5. The van der Waals surface area contributed by atoms with Crippen molar-refractivity contribution in [2.75, 3.05) is 14.1 Å². The van der Waals surface area contributed by atoms with E-state index in [4.69, 9.17) is 27.9 Å². The Morgan fingerprint density at radius 3 is 2.27 bits per heavy atom. The minimum Gasteiger partial charge on any atom is -0.425 e. The Hall–Kier alpha value is -0.770. The zero-order chi connectivity index (χ0) is 11.8. The second-order valence-corrected chi connectivity index (χ2v) is 3.51. The third-order valence-electron chi connectivity index (χ3n) is 1.15. The minimum absolute atomic E-state index is 0.327. The number of nitrogens with one attached hydrogen (secondary N) is 1. The Morgan fingerprint density at radius 1 is 1.33 bits per heavy atom. The Morgan fingerprint density at radius 2 is 1.87 bits per heavy atom. The van der Waals surface area contributed by atoms with Gasteiger partial charge in [-0.3, -0.25) is 4.79 Å². The van der Waals surface area contributed by atoms with Crippen molar-refractivity contribution in [1.29, 1.82) is 0 Å². The lowest BCUT2D eigenvalue weighted by molar-refractivity contribution is -0.131. The zero-order valence-electron chi connectivity index (χ0n) is 8.80. The molecular weight excluding hydrogens is 237 g/mol. The van der Waals surface area contributed by atoms with Gasteiger partial charge in [0.2, 0.25) is 0 Å². The van der Waals surface area contributed by atoms with E-state index >= 15 is 0 Å². The van der Waals surface area contributed by atoms with Crippen molar-refractivity contribution in [2.24, 2.45) is 0 Å². The fourth-order valence-corrected chi connectivity index (χ4v) is 1.16. The fourth-order valence-electron chi connectivity index (χ4n) is 0.713. The molecule has 0 aromatic heterocycles. The maximum atomic E-state index is 10.5. The van der Waals surface area contributed by atoms with Crippen LogP contribution >= 0.6 is 23.2 Å². The highest BCUT2D eigenvalue weighted by Gasteiger charge is 2.03. The van der Waals surface area contributed by atoms with Gasteiger partial charge in [0.1, 0.15) is 5.75 Å². The molecule has 84 valence electrons. The average molecular weight is 250 g/mol. The molecule has 5 heteroatoms. The van der Waals surface area contributed by atoms with Gasteiger partial charge in [0.05, 0.1) is 5.02 Å². The maximum Gasteiger partial charge on any atom is 0.308 e. The summed E-state index contributed by atoms with van der Waals surface area (Å²) in [6.07, 6.45) is 0. The molecule has 0 saturated heterocycles. The normalized spacial score (nSPS) is 8.87. The van der Waals surface area contributed by atoms with Crippen LogP contribution in [0.15, 0.2) is 18.2 Å². The quantitative estimate of drug-likeness (QED) is 0.615. The van der Waals surface area contributed by atoms with Crippen LogP contribution in [0.4, 0.5) is 0 Å². The minimum atomic E-state index is -0.403. The molecule has 0 fully saturated rings. The van der Waals surface area contributed by atoms with Gasteiger partial charge in [0, 0.05) is 11.9 Å². The summed E-state index contributed by atoms with van der Waals surface area (Å²) in [7, 11) is 3.75. The van der Waals surface area contributed by atoms with E-state index in [1.807, 2.05) is 14.1 Å². The van der Waals surface area contributed by atoms with Gasteiger partial charge < -0.3 is 10.1 Å². The van der Waals surface area contributed by atoms with Crippen molar-refractivity contribution in [3.8, 4) is 5.75 Å². The van der Waals surface area contributed by atoms with Gasteiger partial charge in [-0.05, 0) is 32.3 Å². The molecule has 1 aromatic carbocycles. The highest BCUT2D eigenvalue weighted by Crippen LogP contribution is 2.27. The van der Waals surface area contributed by atoms with E-state index in [0.717, 1.165) is 0 Å². The Labute approximate surface area is 99.3 Å². The first-order chi connectivity index (χ1) is 7.01. The molecule has 1 N–H and O–H groups in total. The zero-order valence-corrected chi connectivity index (χ0v) is 10.3. The summed E-state index contributed by atoms with van der Waals surface area (Å²) in [4.78, 5) is 10.5. The SMILES string of the molecule is CC(=O)Oc1ccc(Cl)cc1Cl.CNC. The summed E-state index contributed by atoms with van der Waals surface area (Å²) in [5.74, 6) is -0.0761. The lowest BCUT2D eigenvalue weighted by atomic mass is 10.3. The summed E-state index contributed by atoms with van der Waals surface area (Å²) >= 11 is 11.3. The Kier molecular flexibility index (Phi) is 7.13. The summed E-state index contributed by atoms with van der Waals surface area (Å²) in [5.41, 5.74) is 0. The van der Waals surface area contributed by atoms with E-state index in [9.17, 15) is 4.79 Å². The Balaban J connectivity index is 0.000000583. The number of halogens is 2. The molecule has 0 aliphatic carbocycles. The first-order valence-electron chi connectivity index (χ1n) is 4.23. The molecule has 0 heterocycles. The second kappa shape index (κ2) is 7.51. The molecule has 0 spiro atoms. The number of carbonyl (C=O) groups excluding carboxylic acids is 1. The summed E-state index contributed by atoms with van der Waals surface area (Å²) in [6.45, 7) is 1.31. The first-order valence-corrected chi connectivity index (χ1v) is 4.98. The van der Waals surface area contributed by atoms with E-state index in [0.29, 0.717) is 15.8 Å². The molecule has 0 unspecified atom stereocenters. The lowest BCUT2D eigenvalue weighted by Crippen LogP contribution is -2.01. The van der Waals surface area contributed by atoms with Gasteiger partial charge in [-0.15, -0.1) is 0 Å². The largest absolute Gasteiger partial charge is 0.425 e. The molecule has 0 saturated carbocycles. The molecule has 0 aliphatic heterocycles. The van der Waals surface area contributed by atoms with E-state index in [2.05, 4.69) is 5.32 Å². The predicted molar refractivity (Wildman–Crippen MR) is 62.8 cm³/mol. The molecule has 1 aromatic rings. The number of hydrogen-bond donors (Lipinski definition) is 1. The van der Waals surface area contributed by atoms with Crippen molar-refractivity contribution >= 4 is 29.2 Å². The van der Waals surface area contributed by atoms with Crippen LogP contribution in [-0.4, -0.2) is 20.1 Å². The van der Waals surface area contributed by atoms with Crippen molar-refractivity contribution in [3.63, 3.8) is 0 Å². The summed E-state index contributed by atoms with van der Waals surface area (Å²) in [6, 6.07) is 4.67. The van der Waals surface area contributed by atoms with Crippen LogP contribution in [0.1, 0.15) is 6.92 Å². The van der Waals surface area contributed by atoms with E-state index < -0.39 is 5.97 Å². The van der Waals surface area contributed by atoms with E-state index in [1.165, 1.54) is 13.0 Å². The molecule has 3 nitrogen and oxygen atoms in total. The first kappa shape index (κ1) is 14.2. The van der Waals surface area contributed by atoms with Crippen molar-refractivity contribution in [1.82, 2.24) is 5.32 Å². The predicted octanol–water partition coefficient (Wildman–Crippen LogP) is 2.75. The third kappa shape index (κ3) is 6.33. The molecule has 15 heavy (non-hydrogen) atoms. The smallest absolute Gasteiger partial charge is 0.308 e. The number of esters is 1. The molecule has 0 bridgehead atoms. The number of carbonyl (C=O) groups is 1.